The van der Waals surface area contributed by atoms with Crippen LogP contribution in [0.25, 0.3) is 0 Å². The van der Waals surface area contributed by atoms with Crippen molar-refractivity contribution in [3.8, 4) is 0 Å². The Balaban J connectivity index is 1.78. The zero-order valence-electron chi connectivity index (χ0n) is 11.8. The number of hydrazine groups is 1. The number of nitrogens with one attached hydrogen (secondary N) is 3. The number of morpholine rings is 1. The van der Waals surface area contributed by atoms with Crippen molar-refractivity contribution in [2.75, 3.05) is 32.8 Å². The maximum Gasteiger partial charge on any atom is 0.293 e. The van der Waals surface area contributed by atoms with Crippen LogP contribution in [0.4, 0.5) is 5.69 Å². The number of nitro benzene ring substituents is 1. The second kappa shape index (κ2) is 7.48. The zero-order chi connectivity index (χ0) is 15.9. The van der Waals surface area contributed by atoms with Crippen LogP contribution < -0.4 is 15.8 Å². The number of quaternary nitrogens is 1. The van der Waals surface area contributed by atoms with Crippen molar-refractivity contribution in [3.05, 3.63) is 39.9 Å². The Labute approximate surface area is 126 Å². The lowest BCUT2D eigenvalue weighted by atomic mass is 10.2. The number of rotatable bonds is 4. The molecule has 9 heteroatoms. The predicted octanol–water partition coefficient (Wildman–Crippen LogP) is -1.73. The van der Waals surface area contributed by atoms with Crippen LogP contribution in [0.2, 0.25) is 0 Å². The Morgan fingerprint density at radius 2 is 1.82 bits per heavy atom. The second-order valence-corrected chi connectivity index (χ2v) is 4.85. The van der Waals surface area contributed by atoms with Crippen LogP contribution in [0.15, 0.2) is 24.3 Å². The van der Waals surface area contributed by atoms with E-state index in [1.807, 2.05) is 0 Å². The van der Waals surface area contributed by atoms with Gasteiger partial charge >= 0.3 is 0 Å². The van der Waals surface area contributed by atoms with Gasteiger partial charge in [-0.2, -0.15) is 0 Å². The Hall–Kier alpha value is -2.52. The molecule has 2 amide bonds. The number of carbonyl (C=O) groups is 2. The Morgan fingerprint density at radius 3 is 2.41 bits per heavy atom. The molecule has 1 fully saturated rings. The van der Waals surface area contributed by atoms with Crippen molar-refractivity contribution in [2.45, 2.75) is 0 Å². The molecule has 1 saturated heterocycles. The minimum atomic E-state index is -0.547. The third kappa shape index (κ3) is 4.50. The van der Waals surface area contributed by atoms with E-state index in [9.17, 15) is 19.7 Å². The van der Waals surface area contributed by atoms with Gasteiger partial charge in [0.1, 0.15) is 13.1 Å². The fourth-order valence-electron chi connectivity index (χ4n) is 2.04. The summed E-state index contributed by atoms with van der Waals surface area (Å²) in [7, 11) is 0. The van der Waals surface area contributed by atoms with Crippen LogP contribution in [0.3, 0.4) is 0 Å². The normalized spacial score (nSPS) is 15.1. The molecule has 1 aliphatic heterocycles. The van der Waals surface area contributed by atoms with E-state index in [0.717, 1.165) is 18.0 Å². The number of benzene rings is 1. The first-order chi connectivity index (χ1) is 10.6. The van der Waals surface area contributed by atoms with Gasteiger partial charge in [-0.1, -0.05) is 0 Å². The summed E-state index contributed by atoms with van der Waals surface area (Å²) in [5.41, 5.74) is 4.74. The minimum Gasteiger partial charge on any atom is -0.370 e. The first-order valence-electron chi connectivity index (χ1n) is 6.81. The molecule has 1 aromatic rings. The molecular formula is C13H17N4O5+. The molecule has 0 unspecified atom stereocenters. The van der Waals surface area contributed by atoms with Crippen molar-refractivity contribution < 1.29 is 24.1 Å². The van der Waals surface area contributed by atoms with E-state index in [4.69, 9.17) is 4.74 Å². The molecule has 3 N–H and O–H groups in total. The molecule has 0 aromatic heterocycles. The quantitative estimate of drug-likeness (QED) is 0.452. The summed E-state index contributed by atoms with van der Waals surface area (Å²) in [6.45, 7) is 3.01. The highest BCUT2D eigenvalue weighted by Gasteiger charge is 2.18. The molecule has 1 aromatic carbocycles. The lowest BCUT2D eigenvalue weighted by molar-refractivity contribution is -0.900. The van der Waals surface area contributed by atoms with Gasteiger partial charge < -0.3 is 9.64 Å². The summed E-state index contributed by atoms with van der Waals surface area (Å²) in [6, 6.07) is 5.11. The van der Waals surface area contributed by atoms with Gasteiger partial charge in [0.2, 0.25) is 0 Å². The fourth-order valence-corrected chi connectivity index (χ4v) is 2.04. The van der Waals surface area contributed by atoms with Crippen LogP contribution in [-0.2, 0) is 9.53 Å². The number of hydrogen-bond acceptors (Lipinski definition) is 5. The monoisotopic (exact) mass is 309 g/mol. The van der Waals surface area contributed by atoms with E-state index >= 15 is 0 Å². The van der Waals surface area contributed by atoms with Gasteiger partial charge in [0.15, 0.2) is 6.54 Å². The van der Waals surface area contributed by atoms with Crippen LogP contribution in [0.1, 0.15) is 10.4 Å². The summed E-state index contributed by atoms with van der Waals surface area (Å²) < 4.78 is 5.19. The predicted molar refractivity (Wildman–Crippen MR) is 75.1 cm³/mol. The number of non-ortho nitro benzene ring substituents is 1. The molecule has 118 valence electrons. The van der Waals surface area contributed by atoms with Crippen LogP contribution >= 0.6 is 0 Å². The van der Waals surface area contributed by atoms with Gasteiger partial charge in [0.05, 0.1) is 18.1 Å². The van der Waals surface area contributed by atoms with Gasteiger partial charge in [0.25, 0.3) is 17.5 Å². The molecule has 0 spiro atoms. The van der Waals surface area contributed by atoms with Gasteiger partial charge in [-0.25, -0.2) is 0 Å². The van der Waals surface area contributed by atoms with Crippen molar-refractivity contribution >= 4 is 17.5 Å². The van der Waals surface area contributed by atoms with Crippen LogP contribution in [0.5, 0.6) is 0 Å². The standard InChI is InChI=1S/C13H16N4O5/c18-12(9-16-5-7-22-8-6-16)14-15-13(19)10-1-3-11(4-2-10)17(20)21/h1-4H,5-9H2,(H,14,18)(H,15,19)/p+1. The van der Waals surface area contributed by atoms with Gasteiger partial charge in [-0.05, 0) is 12.1 Å². The number of nitro groups is 1. The van der Waals surface area contributed by atoms with Crippen molar-refractivity contribution in [1.82, 2.24) is 10.9 Å². The van der Waals surface area contributed by atoms with Crippen LogP contribution in [-0.4, -0.2) is 49.6 Å². The number of nitrogens with zero attached hydrogens (tertiary/aromatic N) is 1. The van der Waals surface area contributed by atoms with Crippen molar-refractivity contribution in [3.63, 3.8) is 0 Å². The molecule has 0 saturated carbocycles. The van der Waals surface area contributed by atoms with E-state index in [0.29, 0.717) is 13.2 Å². The molecule has 1 heterocycles. The molecule has 2 rings (SSSR count). The molecule has 0 atom stereocenters. The minimum absolute atomic E-state index is 0.100. The lowest BCUT2D eigenvalue weighted by Gasteiger charge is -2.23. The third-order valence-corrected chi connectivity index (χ3v) is 3.27. The highest BCUT2D eigenvalue weighted by molar-refractivity contribution is 5.95. The first-order valence-corrected chi connectivity index (χ1v) is 6.81. The molecule has 9 nitrogen and oxygen atoms in total. The average molecular weight is 309 g/mol. The summed E-state index contributed by atoms with van der Waals surface area (Å²) in [4.78, 5) is 34.6. The second-order valence-electron chi connectivity index (χ2n) is 4.85. The third-order valence-electron chi connectivity index (χ3n) is 3.27. The van der Waals surface area contributed by atoms with E-state index in [2.05, 4.69) is 10.9 Å². The Morgan fingerprint density at radius 1 is 1.18 bits per heavy atom. The molecule has 22 heavy (non-hydrogen) atoms. The molecular weight excluding hydrogens is 292 g/mol. The fraction of sp³-hybridized carbons (Fsp3) is 0.385. The summed E-state index contributed by atoms with van der Waals surface area (Å²) in [5, 5.41) is 10.5. The number of hydrogen-bond donors (Lipinski definition) is 3. The van der Waals surface area contributed by atoms with Gasteiger partial charge in [-0.15, -0.1) is 0 Å². The lowest BCUT2D eigenvalue weighted by Crippen LogP contribution is -3.15. The average Bonchev–Trinajstić information content (AvgIpc) is 2.53. The van der Waals surface area contributed by atoms with Gasteiger partial charge in [-0.3, -0.25) is 30.6 Å². The van der Waals surface area contributed by atoms with Crippen molar-refractivity contribution in [2.24, 2.45) is 0 Å². The Kier molecular flexibility index (Phi) is 5.39. The van der Waals surface area contributed by atoms with E-state index in [-0.39, 0.29) is 23.7 Å². The Bertz CT molecular complexity index is 554. The SMILES string of the molecule is O=C(C[NH+]1CCOCC1)NNC(=O)c1ccc([N+](=O)[O-])cc1. The zero-order valence-corrected chi connectivity index (χ0v) is 11.8. The largest absolute Gasteiger partial charge is 0.370 e. The first kappa shape index (κ1) is 15.9. The smallest absolute Gasteiger partial charge is 0.293 e. The number of carbonyl (C=O) groups excluding carboxylic acids is 2. The molecule has 1 aliphatic rings. The summed E-state index contributed by atoms with van der Waals surface area (Å²) in [6.07, 6.45) is 0. The number of amides is 2. The maximum absolute atomic E-state index is 11.8. The molecule has 0 bridgehead atoms. The maximum atomic E-state index is 11.8. The molecule has 0 radical (unpaired) electrons. The highest BCUT2D eigenvalue weighted by atomic mass is 16.6. The van der Waals surface area contributed by atoms with Gasteiger partial charge in [0, 0.05) is 17.7 Å². The topological polar surface area (TPSA) is 115 Å². The summed E-state index contributed by atoms with van der Waals surface area (Å²) in [5.74, 6) is -0.826. The van der Waals surface area contributed by atoms with E-state index in [1.165, 1.54) is 24.3 Å². The van der Waals surface area contributed by atoms with E-state index in [1.54, 1.807) is 0 Å². The highest BCUT2D eigenvalue weighted by Crippen LogP contribution is 2.11. The van der Waals surface area contributed by atoms with E-state index < -0.39 is 10.8 Å². The van der Waals surface area contributed by atoms with Crippen molar-refractivity contribution in [1.29, 1.82) is 0 Å². The van der Waals surface area contributed by atoms with Crippen LogP contribution in [0, 0.1) is 10.1 Å². The molecule has 0 aliphatic carbocycles. The summed E-state index contributed by atoms with van der Waals surface area (Å²) >= 11 is 0. The number of ether oxygens (including phenoxy) is 1.